The third-order valence-electron chi connectivity index (χ3n) is 4.27. The maximum absolute atomic E-state index is 12.4. The van der Waals surface area contributed by atoms with Gasteiger partial charge in [-0.3, -0.25) is 15.0 Å². The van der Waals surface area contributed by atoms with Crippen molar-refractivity contribution in [2.24, 2.45) is 0 Å². The third kappa shape index (κ3) is 3.59. The number of imidazole rings is 1. The number of rotatable bonds is 5. The number of aromatic amines is 1. The van der Waals surface area contributed by atoms with E-state index in [4.69, 9.17) is 0 Å². The number of nitrogens with one attached hydrogen (secondary N) is 2. The van der Waals surface area contributed by atoms with Crippen LogP contribution in [-0.4, -0.2) is 37.3 Å². The van der Waals surface area contributed by atoms with Crippen molar-refractivity contribution in [3.8, 4) is 0 Å². The number of H-pyrrole nitrogens is 1. The largest absolute Gasteiger partial charge is 0.348 e. The molecule has 1 fully saturated rings. The summed E-state index contributed by atoms with van der Waals surface area (Å²) >= 11 is 1.39. The predicted octanol–water partition coefficient (Wildman–Crippen LogP) is 2.85. The second-order valence-electron chi connectivity index (χ2n) is 5.90. The van der Waals surface area contributed by atoms with Gasteiger partial charge >= 0.3 is 0 Å². The lowest BCUT2D eigenvalue weighted by atomic mass is 10.1. The number of nitrogens with zero attached hydrogens (tertiary/aromatic N) is 4. The van der Waals surface area contributed by atoms with Gasteiger partial charge in [-0.15, -0.1) is 11.3 Å². The third-order valence-corrected chi connectivity index (χ3v) is 4.96. The molecule has 1 aliphatic heterocycles. The minimum atomic E-state index is -0.229. The molecule has 3 aromatic heterocycles. The predicted molar refractivity (Wildman–Crippen MR) is 95.3 cm³/mol. The molecule has 0 bridgehead atoms. The zero-order valence-corrected chi connectivity index (χ0v) is 14.4. The fraction of sp³-hybridized carbons (Fsp3) is 0.294. The van der Waals surface area contributed by atoms with Gasteiger partial charge in [-0.2, -0.15) is 0 Å². The Morgan fingerprint density at radius 1 is 1.36 bits per heavy atom. The molecule has 1 amide bonds. The smallest absolute Gasteiger partial charge is 0.276 e. The molecule has 25 heavy (non-hydrogen) atoms. The van der Waals surface area contributed by atoms with Gasteiger partial charge < -0.3 is 4.98 Å². The minimum absolute atomic E-state index is 0.206. The van der Waals surface area contributed by atoms with Gasteiger partial charge in [0.2, 0.25) is 0 Å². The molecule has 4 rings (SSSR count). The van der Waals surface area contributed by atoms with Crippen molar-refractivity contribution in [1.82, 2.24) is 24.8 Å². The van der Waals surface area contributed by atoms with Gasteiger partial charge in [0.25, 0.3) is 5.91 Å². The highest BCUT2D eigenvalue weighted by molar-refractivity contribution is 7.13. The van der Waals surface area contributed by atoms with Crippen molar-refractivity contribution < 1.29 is 4.79 Å². The van der Waals surface area contributed by atoms with Crippen LogP contribution >= 0.6 is 11.3 Å². The summed E-state index contributed by atoms with van der Waals surface area (Å²) < 4.78 is 0. The molecule has 0 aromatic carbocycles. The summed E-state index contributed by atoms with van der Waals surface area (Å²) in [7, 11) is 0. The van der Waals surface area contributed by atoms with E-state index in [2.05, 4.69) is 30.2 Å². The SMILES string of the molecule is O=C(Nc1nccs1)c1cccc([C@H]2CCCN2Cc2ncc[nH]2)n1. The van der Waals surface area contributed by atoms with E-state index in [1.54, 1.807) is 18.5 Å². The Morgan fingerprint density at radius 2 is 2.32 bits per heavy atom. The summed E-state index contributed by atoms with van der Waals surface area (Å²) in [5.41, 5.74) is 1.34. The minimum Gasteiger partial charge on any atom is -0.348 e. The monoisotopic (exact) mass is 354 g/mol. The quantitative estimate of drug-likeness (QED) is 0.736. The van der Waals surface area contributed by atoms with Gasteiger partial charge in [-0.05, 0) is 31.5 Å². The van der Waals surface area contributed by atoms with Crippen LogP contribution in [0.3, 0.4) is 0 Å². The van der Waals surface area contributed by atoms with Crippen molar-refractivity contribution >= 4 is 22.4 Å². The summed E-state index contributed by atoms with van der Waals surface area (Å²) in [6.45, 7) is 1.76. The Morgan fingerprint density at radius 3 is 3.12 bits per heavy atom. The van der Waals surface area contributed by atoms with Gasteiger partial charge in [-0.1, -0.05) is 6.07 Å². The lowest BCUT2D eigenvalue weighted by molar-refractivity contribution is 0.102. The summed E-state index contributed by atoms with van der Waals surface area (Å²) in [5, 5.41) is 5.19. The van der Waals surface area contributed by atoms with Crippen LogP contribution in [0.15, 0.2) is 42.2 Å². The van der Waals surface area contributed by atoms with Crippen LogP contribution in [0.1, 0.15) is 40.9 Å². The summed E-state index contributed by atoms with van der Waals surface area (Å²) in [5.74, 6) is 0.719. The highest BCUT2D eigenvalue weighted by Crippen LogP contribution is 2.31. The number of pyridine rings is 1. The first kappa shape index (κ1) is 15.9. The molecule has 7 nitrogen and oxygen atoms in total. The Labute approximate surface area is 149 Å². The normalized spacial score (nSPS) is 17.7. The van der Waals surface area contributed by atoms with E-state index in [0.717, 1.165) is 37.4 Å². The first-order chi connectivity index (χ1) is 12.3. The molecule has 0 saturated carbocycles. The molecule has 1 atom stereocenters. The molecular weight excluding hydrogens is 336 g/mol. The Kier molecular flexibility index (Phi) is 4.53. The molecule has 0 unspecified atom stereocenters. The van der Waals surface area contributed by atoms with Crippen LogP contribution in [0.4, 0.5) is 5.13 Å². The van der Waals surface area contributed by atoms with Gasteiger partial charge in [0.15, 0.2) is 5.13 Å². The maximum atomic E-state index is 12.4. The van der Waals surface area contributed by atoms with Gasteiger partial charge in [0, 0.05) is 24.0 Å². The number of hydrogen-bond acceptors (Lipinski definition) is 6. The fourth-order valence-electron chi connectivity index (χ4n) is 3.14. The van der Waals surface area contributed by atoms with E-state index >= 15 is 0 Å². The molecule has 4 heterocycles. The molecule has 0 radical (unpaired) electrons. The number of likely N-dealkylation sites (tertiary alicyclic amines) is 1. The molecular formula is C17H18N6OS. The zero-order chi connectivity index (χ0) is 17.1. The van der Waals surface area contributed by atoms with Gasteiger partial charge in [0.1, 0.15) is 11.5 Å². The second kappa shape index (κ2) is 7.12. The van der Waals surface area contributed by atoms with E-state index in [0.29, 0.717) is 10.8 Å². The number of hydrogen-bond donors (Lipinski definition) is 2. The van der Waals surface area contributed by atoms with Crippen molar-refractivity contribution in [2.75, 3.05) is 11.9 Å². The van der Waals surface area contributed by atoms with E-state index < -0.39 is 0 Å². The number of carbonyl (C=O) groups excluding carboxylic acids is 1. The van der Waals surface area contributed by atoms with Gasteiger partial charge in [-0.25, -0.2) is 15.0 Å². The lowest BCUT2D eigenvalue weighted by Gasteiger charge is -2.23. The molecule has 2 N–H and O–H groups in total. The van der Waals surface area contributed by atoms with Crippen LogP contribution in [0.2, 0.25) is 0 Å². The maximum Gasteiger partial charge on any atom is 0.276 e. The van der Waals surface area contributed by atoms with Crippen LogP contribution in [0.25, 0.3) is 0 Å². The molecule has 0 spiro atoms. The van der Waals surface area contributed by atoms with Crippen molar-refractivity contribution in [3.63, 3.8) is 0 Å². The molecule has 1 aliphatic rings. The first-order valence-electron chi connectivity index (χ1n) is 8.20. The van der Waals surface area contributed by atoms with Crippen molar-refractivity contribution in [2.45, 2.75) is 25.4 Å². The van der Waals surface area contributed by atoms with Crippen LogP contribution in [-0.2, 0) is 6.54 Å². The van der Waals surface area contributed by atoms with E-state index in [1.807, 2.05) is 23.7 Å². The Balaban J connectivity index is 1.51. The second-order valence-corrected chi connectivity index (χ2v) is 6.80. The Bertz CT molecular complexity index is 833. The first-order valence-corrected chi connectivity index (χ1v) is 9.07. The fourth-order valence-corrected chi connectivity index (χ4v) is 3.66. The van der Waals surface area contributed by atoms with E-state index in [-0.39, 0.29) is 11.9 Å². The highest BCUT2D eigenvalue weighted by atomic mass is 32.1. The number of anilines is 1. The van der Waals surface area contributed by atoms with E-state index in [9.17, 15) is 4.79 Å². The molecule has 8 heteroatoms. The average Bonchev–Trinajstić information content (AvgIpc) is 3.38. The standard InChI is InChI=1S/C17H18N6OS/c24-16(22-17-20-8-10-25-17)13-4-1-3-12(21-13)14-5-2-9-23(14)11-15-18-6-7-19-15/h1,3-4,6-8,10,14H,2,5,9,11H2,(H,18,19)(H,20,22,24)/t14-/m1/s1. The van der Waals surface area contributed by atoms with Gasteiger partial charge in [0.05, 0.1) is 18.3 Å². The molecule has 0 aliphatic carbocycles. The number of amides is 1. The Hall–Kier alpha value is -2.58. The summed E-state index contributed by atoms with van der Waals surface area (Å²) in [6, 6.07) is 5.82. The van der Waals surface area contributed by atoms with Crippen molar-refractivity contribution in [1.29, 1.82) is 0 Å². The van der Waals surface area contributed by atoms with Crippen LogP contribution in [0, 0.1) is 0 Å². The van der Waals surface area contributed by atoms with Crippen LogP contribution < -0.4 is 5.32 Å². The highest BCUT2D eigenvalue weighted by Gasteiger charge is 2.28. The molecule has 1 saturated heterocycles. The molecule has 3 aromatic rings. The van der Waals surface area contributed by atoms with Crippen molar-refractivity contribution in [3.05, 3.63) is 59.4 Å². The number of carbonyl (C=O) groups is 1. The topological polar surface area (TPSA) is 86.8 Å². The number of thiazole rings is 1. The summed E-state index contributed by atoms with van der Waals surface area (Å²) in [4.78, 5) is 30.9. The summed E-state index contributed by atoms with van der Waals surface area (Å²) in [6.07, 6.45) is 7.41. The van der Waals surface area contributed by atoms with E-state index in [1.165, 1.54) is 11.3 Å². The average molecular weight is 354 g/mol. The number of aromatic nitrogens is 4. The lowest BCUT2D eigenvalue weighted by Crippen LogP contribution is -2.25. The van der Waals surface area contributed by atoms with Crippen LogP contribution in [0.5, 0.6) is 0 Å². The zero-order valence-electron chi connectivity index (χ0n) is 13.6. The molecule has 128 valence electrons.